The molecule has 1 aromatic heterocycles. The topological polar surface area (TPSA) is 109 Å². The van der Waals surface area contributed by atoms with Crippen molar-refractivity contribution in [2.24, 2.45) is 11.6 Å². The number of carbonyl (C=O) groups is 2. The predicted molar refractivity (Wildman–Crippen MR) is 143 cm³/mol. The smallest absolute Gasteiger partial charge is 0.417 e. The minimum atomic E-state index is -4.77. The van der Waals surface area contributed by atoms with Crippen LogP contribution in [0.1, 0.15) is 34.5 Å². The predicted octanol–water partition coefficient (Wildman–Crippen LogP) is 4.57. The molecule has 2 amide bonds. The molecule has 212 valence electrons. The molecule has 2 heterocycles. The zero-order chi connectivity index (χ0) is 29.2. The largest absolute Gasteiger partial charge is 0.450 e. The first-order chi connectivity index (χ1) is 18.9. The zero-order valence-corrected chi connectivity index (χ0v) is 22.0. The highest BCUT2D eigenvalue weighted by Crippen LogP contribution is 2.42. The van der Waals surface area contributed by atoms with Crippen molar-refractivity contribution in [3.05, 3.63) is 77.6 Å². The van der Waals surface area contributed by atoms with E-state index in [2.05, 4.69) is 0 Å². The van der Waals surface area contributed by atoms with Crippen LogP contribution in [0.4, 0.5) is 17.6 Å². The molecule has 1 aliphatic rings. The van der Waals surface area contributed by atoms with E-state index in [1.807, 2.05) is 6.08 Å². The van der Waals surface area contributed by atoms with Gasteiger partial charge in [0.1, 0.15) is 11.4 Å². The molecule has 0 fully saturated rings. The molecular weight excluding hydrogens is 530 g/mol. The van der Waals surface area contributed by atoms with Crippen molar-refractivity contribution in [1.29, 1.82) is 0 Å². The highest BCUT2D eigenvalue weighted by molar-refractivity contribution is 6.02. The molecule has 3 aromatic rings. The van der Waals surface area contributed by atoms with E-state index in [9.17, 15) is 27.2 Å². The Morgan fingerprint density at radius 3 is 2.55 bits per heavy atom. The maximum absolute atomic E-state index is 14.3. The number of alkyl halides is 3. The lowest BCUT2D eigenvalue weighted by molar-refractivity contribution is -0.137. The molecule has 2 aromatic carbocycles. The van der Waals surface area contributed by atoms with Crippen molar-refractivity contribution < 1.29 is 31.6 Å². The number of carbonyl (C=O) groups excluding carboxylic acids is 2. The van der Waals surface area contributed by atoms with Crippen LogP contribution in [0.25, 0.3) is 27.7 Å². The molecule has 0 saturated heterocycles. The lowest BCUT2D eigenvalue weighted by Crippen LogP contribution is -2.38. The Kier molecular flexibility index (Phi) is 8.19. The monoisotopic (exact) mass is 559 g/mol. The maximum atomic E-state index is 14.3. The van der Waals surface area contributed by atoms with E-state index in [1.165, 1.54) is 48.5 Å². The number of rotatable bonds is 7. The van der Waals surface area contributed by atoms with Crippen LogP contribution in [-0.2, 0) is 11.0 Å². The number of benzene rings is 2. The van der Waals surface area contributed by atoms with Crippen LogP contribution in [0.5, 0.6) is 0 Å². The fourth-order valence-corrected chi connectivity index (χ4v) is 4.58. The second kappa shape index (κ2) is 11.4. The molecule has 40 heavy (non-hydrogen) atoms. The second-order valence-corrected chi connectivity index (χ2v) is 9.60. The number of halogens is 4. The van der Waals surface area contributed by atoms with E-state index in [4.69, 9.17) is 16.0 Å². The summed E-state index contributed by atoms with van der Waals surface area (Å²) in [6.45, 7) is 0.914. The molecule has 12 heteroatoms. The molecule has 4 rings (SSSR count). The number of nitrogens with two attached hydrogens (primary N) is 2. The van der Waals surface area contributed by atoms with Gasteiger partial charge in [-0.2, -0.15) is 13.2 Å². The van der Waals surface area contributed by atoms with Crippen molar-refractivity contribution >= 4 is 28.4 Å². The number of furan rings is 1. The van der Waals surface area contributed by atoms with Gasteiger partial charge in [0.15, 0.2) is 5.76 Å². The fraction of sp³-hybridized carbons (Fsp3) is 0.286. The van der Waals surface area contributed by atoms with Gasteiger partial charge in [-0.05, 0) is 54.0 Å². The van der Waals surface area contributed by atoms with Crippen LogP contribution in [0.3, 0.4) is 0 Å². The molecule has 8 nitrogen and oxygen atoms in total. The second-order valence-electron chi connectivity index (χ2n) is 9.60. The van der Waals surface area contributed by atoms with Crippen molar-refractivity contribution in [3.8, 4) is 11.1 Å². The summed E-state index contributed by atoms with van der Waals surface area (Å²) in [4.78, 5) is 28.4. The molecule has 0 aliphatic carbocycles. The number of hydrogen-bond donors (Lipinski definition) is 2. The van der Waals surface area contributed by atoms with Gasteiger partial charge >= 0.3 is 6.18 Å². The zero-order valence-electron chi connectivity index (χ0n) is 22.0. The summed E-state index contributed by atoms with van der Waals surface area (Å²) < 4.78 is 62.0. The molecular formula is C28H29F4N5O3. The Morgan fingerprint density at radius 2 is 1.88 bits per heavy atom. The van der Waals surface area contributed by atoms with Crippen LogP contribution >= 0.6 is 0 Å². The third-order valence-electron chi connectivity index (χ3n) is 6.55. The van der Waals surface area contributed by atoms with Crippen molar-refractivity contribution in [2.45, 2.75) is 19.0 Å². The molecule has 0 atom stereocenters. The van der Waals surface area contributed by atoms with Gasteiger partial charge in [0.25, 0.3) is 5.91 Å². The van der Waals surface area contributed by atoms with Crippen molar-refractivity contribution in [1.82, 2.24) is 14.8 Å². The van der Waals surface area contributed by atoms with E-state index in [1.54, 1.807) is 11.0 Å². The van der Waals surface area contributed by atoms with Gasteiger partial charge in [0.2, 0.25) is 5.91 Å². The summed E-state index contributed by atoms with van der Waals surface area (Å²) in [7, 11) is 3.04. The molecule has 0 unspecified atom stereocenters. The van der Waals surface area contributed by atoms with Crippen LogP contribution in [0.15, 0.2) is 59.3 Å². The van der Waals surface area contributed by atoms with Gasteiger partial charge in [-0.1, -0.05) is 6.08 Å². The molecule has 0 radical (unpaired) electrons. The average molecular weight is 560 g/mol. The van der Waals surface area contributed by atoms with Crippen LogP contribution in [-0.4, -0.2) is 60.4 Å². The highest BCUT2D eigenvalue weighted by Gasteiger charge is 2.35. The Morgan fingerprint density at radius 1 is 1.12 bits per heavy atom. The van der Waals surface area contributed by atoms with Crippen molar-refractivity contribution in [2.75, 3.05) is 33.7 Å². The van der Waals surface area contributed by atoms with Gasteiger partial charge in [0, 0.05) is 69.1 Å². The minimum absolute atomic E-state index is 0.0189. The minimum Gasteiger partial charge on any atom is -0.450 e. The first kappa shape index (κ1) is 28.7. The first-order valence-corrected chi connectivity index (χ1v) is 12.4. The van der Waals surface area contributed by atoms with Crippen molar-refractivity contribution in [3.63, 3.8) is 0 Å². The lowest BCUT2D eigenvalue weighted by atomic mass is 9.92. The van der Waals surface area contributed by atoms with Gasteiger partial charge in [-0.3, -0.25) is 9.59 Å². The lowest BCUT2D eigenvalue weighted by Gasteiger charge is -2.28. The van der Waals surface area contributed by atoms with Crippen LogP contribution in [0.2, 0.25) is 0 Å². The quantitative estimate of drug-likeness (QED) is 0.249. The Labute approximate surface area is 228 Å². The number of fused-ring (bicyclic) bond motifs is 1. The van der Waals surface area contributed by atoms with Gasteiger partial charge in [-0.15, -0.1) is 0 Å². The highest BCUT2D eigenvalue weighted by atomic mass is 19.4. The van der Waals surface area contributed by atoms with E-state index in [0.29, 0.717) is 35.6 Å². The molecule has 1 aliphatic heterocycles. The molecule has 0 saturated carbocycles. The maximum Gasteiger partial charge on any atom is 0.417 e. The number of hydrazine groups is 1. The van der Waals surface area contributed by atoms with Gasteiger partial charge < -0.3 is 25.0 Å². The molecule has 0 bridgehead atoms. The summed E-state index contributed by atoms with van der Waals surface area (Å²) in [5.41, 5.74) is 5.07. The van der Waals surface area contributed by atoms with E-state index in [-0.39, 0.29) is 42.3 Å². The fourth-order valence-electron chi connectivity index (χ4n) is 4.58. The van der Waals surface area contributed by atoms with Crippen LogP contribution < -0.4 is 11.6 Å². The SMILES string of the molecule is CN(C)C(=O)c1cc2cc(C3=CCCN(C(=O)CCN(N)/C=C\N)C3)cc(-c3cc(F)ccc3C(F)(F)F)c2o1. The summed E-state index contributed by atoms with van der Waals surface area (Å²) in [5.74, 6) is 4.18. The summed E-state index contributed by atoms with van der Waals surface area (Å²) in [5, 5.41) is 1.66. The van der Waals surface area contributed by atoms with E-state index >= 15 is 0 Å². The number of hydrogen-bond acceptors (Lipinski definition) is 6. The standard InChI is InChI=1S/C28H29F4N5O3/c1-35(2)27(39)24-14-19-12-18(17-4-3-9-36(16-17)25(38)7-10-37(34)11-8-33)13-22(26(19)40-24)21-15-20(29)5-6-23(21)28(30,31)32/h4-6,8,11-15H,3,7,9-10,16,33-34H2,1-2H3/b11-8-. The molecule has 4 N–H and O–H groups in total. The first-order valence-electron chi connectivity index (χ1n) is 12.4. The third kappa shape index (κ3) is 6.12. The van der Waals surface area contributed by atoms with Gasteiger partial charge in [-0.25, -0.2) is 10.2 Å². The Hall–Kier alpha value is -4.32. The molecule has 0 spiro atoms. The normalized spacial score (nSPS) is 14.1. The number of nitrogens with zero attached hydrogens (tertiary/aromatic N) is 3. The van der Waals surface area contributed by atoms with E-state index in [0.717, 1.165) is 12.1 Å². The van der Waals surface area contributed by atoms with Crippen LogP contribution in [0, 0.1) is 5.82 Å². The Bertz CT molecular complexity index is 1490. The summed E-state index contributed by atoms with van der Waals surface area (Å²) in [6, 6.07) is 6.84. The summed E-state index contributed by atoms with van der Waals surface area (Å²) in [6.07, 6.45) is 0.484. The summed E-state index contributed by atoms with van der Waals surface area (Å²) >= 11 is 0. The van der Waals surface area contributed by atoms with E-state index < -0.39 is 29.0 Å². The average Bonchev–Trinajstić information content (AvgIpc) is 3.34. The number of amides is 2. The third-order valence-corrected chi connectivity index (χ3v) is 6.55. The van der Waals surface area contributed by atoms with Gasteiger partial charge in [0.05, 0.1) is 5.56 Å². The Balaban J connectivity index is 1.79.